The standard InChI is InChI=1S/C13H13F2N3O/c1-7(2)11-12(16)17-6-18-13(11)19-8-3-4-9(14)10(15)5-8/h3-7H,1-2H3,(H2,16,17,18). The van der Waals surface area contributed by atoms with Crippen molar-refractivity contribution < 1.29 is 13.5 Å². The molecule has 1 aromatic heterocycles. The van der Waals surface area contributed by atoms with E-state index in [2.05, 4.69) is 9.97 Å². The highest BCUT2D eigenvalue weighted by atomic mass is 19.2. The first-order chi connectivity index (χ1) is 8.99. The summed E-state index contributed by atoms with van der Waals surface area (Å²) in [5, 5.41) is 0. The van der Waals surface area contributed by atoms with Crippen molar-refractivity contribution in [1.29, 1.82) is 0 Å². The second-order valence-corrected chi connectivity index (χ2v) is 4.31. The van der Waals surface area contributed by atoms with Gasteiger partial charge in [0.05, 0.1) is 5.56 Å². The normalized spacial score (nSPS) is 10.8. The number of aromatic nitrogens is 2. The average molecular weight is 265 g/mol. The lowest BCUT2D eigenvalue weighted by Crippen LogP contribution is -2.04. The Morgan fingerprint density at radius 2 is 1.89 bits per heavy atom. The first-order valence-corrected chi connectivity index (χ1v) is 5.72. The van der Waals surface area contributed by atoms with Gasteiger partial charge in [0.15, 0.2) is 11.6 Å². The maximum atomic E-state index is 13.1. The maximum Gasteiger partial charge on any atom is 0.227 e. The molecular formula is C13H13F2N3O. The summed E-state index contributed by atoms with van der Waals surface area (Å²) in [6.07, 6.45) is 1.26. The molecule has 2 aromatic rings. The van der Waals surface area contributed by atoms with Crippen molar-refractivity contribution in [2.45, 2.75) is 19.8 Å². The van der Waals surface area contributed by atoms with Crippen molar-refractivity contribution in [2.24, 2.45) is 0 Å². The second-order valence-electron chi connectivity index (χ2n) is 4.31. The van der Waals surface area contributed by atoms with Crippen LogP contribution in [0.1, 0.15) is 25.3 Å². The number of hydrogen-bond donors (Lipinski definition) is 1. The Labute approximate surface area is 109 Å². The maximum absolute atomic E-state index is 13.1. The Hall–Kier alpha value is -2.24. The van der Waals surface area contributed by atoms with E-state index in [1.54, 1.807) is 0 Å². The molecule has 0 atom stereocenters. The molecule has 100 valence electrons. The number of rotatable bonds is 3. The first-order valence-electron chi connectivity index (χ1n) is 5.72. The van der Waals surface area contributed by atoms with Crippen molar-refractivity contribution in [3.63, 3.8) is 0 Å². The highest BCUT2D eigenvalue weighted by molar-refractivity contribution is 5.48. The van der Waals surface area contributed by atoms with Crippen LogP contribution in [0, 0.1) is 11.6 Å². The van der Waals surface area contributed by atoms with Gasteiger partial charge in [-0.25, -0.2) is 18.7 Å². The van der Waals surface area contributed by atoms with Crippen LogP contribution in [0.3, 0.4) is 0 Å². The summed E-state index contributed by atoms with van der Waals surface area (Å²) in [5.41, 5.74) is 6.40. The lowest BCUT2D eigenvalue weighted by atomic mass is 10.1. The van der Waals surface area contributed by atoms with Gasteiger partial charge in [-0.15, -0.1) is 0 Å². The first kappa shape index (κ1) is 13.2. The van der Waals surface area contributed by atoms with E-state index in [9.17, 15) is 8.78 Å². The fourth-order valence-electron chi connectivity index (χ4n) is 1.67. The predicted octanol–water partition coefficient (Wildman–Crippen LogP) is 3.25. The highest BCUT2D eigenvalue weighted by Crippen LogP contribution is 2.31. The number of nitrogen functional groups attached to an aromatic ring is 1. The topological polar surface area (TPSA) is 61.0 Å². The largest absolute Gasteiger partial charge is 0.438 e. The van der Waals surface area contributed by atoms with Crippen LogP contribution < -0.4 is 10.5 Å². The zero-order valence-electron chi connectivity index (χ0n) is 10.5. The number of anilines is 1. The van der Waals surface area contributed by atoms with Crippen LogP contribution in [0.4, 0.5) is 14.6 Å². The summed E-state index contributed by atoms with van der Waals surface area (Å²) >= 11 is 0. The van der Waals surface area contributed by atoms with Gasteiger partial charge in [0.25, 0.3) is 0 Å². The number of hydrogen-bond acceptors (Lipinski definition) is 4. The van der Waals surface area contributed by atoms with E-state index in [0.717, 1.165) is 12.1 Å². The Balaban J connectivity index is 2.38. The molecular weight excluding hydrogens is 252 g/mol. The third kappa shape index (κ3) is 2.78. The van der Waals surface area contributed by atoms with Crippen LogP contribution in [-0.2, 0) is 0 Å². The van der Waals surface area contributed by atoms with E-state index in [-0.39, 0.29) is 17.5 Å². The summed E-state index contributed by atoms with van der Waals surface area (Å²) in [4.78, 5) is 7.87. The molecule has 6 heteroatoms. The van der Waals surface area contributed by atoms with Crippen LogP contribution in [0.2, 0.25) is 0 Å². The number of ether oxygens (including phenoxy) is 1. The minimum atomic E-state index is -0.981. The number of halogens is 2. The van der Waals surface area contributed by atoms with E-state index in [1.807, 2.05) is 13.8 Å². The Bertz CT molecular complexity index is 602. The molecule has 0 fully saturated rings. The van der Waals surface area contributed by atoms with Crippen LogP contribution >= 0.6 is 0 Å². The lowest BCUT2D eigenvalue weighted by Gasteiger charge is -2.13. The molecule has 1 aromatic carbocycles. The molecule has 0 amide bonds. The summed E-state index contributed by atoms with van der Waals surface area (Å²) in [6.45, 7) is 3.82. The van der Waals surface area contributed by atoms with E-state index >= 15 is 0 Å². The molecule has 19 heavy (non-hydrogen) atoms. The Morgan fingerprint density at radius 3 is 2.53 bits per heavy atom. The Morgan fingerprint density at radius 1 is 1.16 bits per heavy atom. The Kier molecular flexibility index (Phi) is 3.59. The van der Waals surface area contributed by atoms with Crippen molar-refractivity contribution in [3.05, 3.63) is 41.7 Å². The third-order valence-corrected chi connectivity index (χ3v) is 2.56. The van der Waals surface area contributed by atoms with Gasteiger partial charge < -0.3 is 10.5 Å². The molecule has 0 bridgehead atoms. The van der Waals surface area contributed by atoms with E-state index in [1.165, 1.54) is 12.4 Å². The molecule has 0 radical (unpaired) electrons. The molecule has 0 aliphatic carbocycles. The molecule has 0 aliphatic rings. The molecule has 0 aliphatic heterocycles. The lowest BCUT2D eigenvalue weighted by molar-refractivity contribution is 0.439. The SMILES string of the molecule is CC(C)c1c(N)ncnc1Oc1ccc(F)c(F)c1. The number of nitrogens with two attached hydrogens (primary N) is 1. The zero-order chi connectivity index (χ0) is 14.0. The van der Waals surface area contributed by atoms with Gasteiger partial charge in [-0.2, -0.15) is 0 Å². The molecule has 4 nitrogen and oxygen atoms in total. The molecule has 2 N–H and O–H groups in total. The predicted molar refractivity (Wildman–Crippen MR) is 67.0 cm³/mol. The van der Waals surface area contributed by atoms with Crippen LogP contribution in [0.25, 0.3) is 0 Å². The molecule has 1 heterocycles. The minimum Gasteiger partial charge on any atom is -0.438 e. The second kappa shape index (κ2) is 5.17. The van der Waals surface area contributed by atoms with E-state index in [4.69, 9.17) is 10.5 Å². The van der Waals surface area contributed by atoms with Gasteiger partial charge >= 0.3 is 0 Å². The van der Waals surface area contributed by atoms with Crippen molar-refractivity contribution in [1.82, 2.24) is 9.97 Å². The average Bonchev–Trinajstić information content (AvgIpc) is 2.33. The molecule has 0 spiro atoms. The van der Waals surface area contributed by atoms with Gasteiger partial charge in [0.2, 0.25) is 5.88 Å². The van der Waals surface area contributed by atoms with Crippen molar-refractivity contribution in [2.75, 3.05) is 5.73 Å². The fourth-order valence-corrected chi connectivity index (χ4v) is 1.67. The molecule has 2 rings (SSSR count). The van der Waals surface area contributed by atoms with Crippen molar-refractivity contribution in [3.8, 4) is 11.6 Å². The van der Waals surface area contributed by atoms with Crippen LogP contribution in [0.15, 0.2) is 24.5 Å². The minimum absolute atomic E-state index is 0.0431. The summed E-state index contributed by atoms with van der Waals surface area (Å²) in [5.74, 6) is -1.17. The molecule has 0 unspecified atom stereocenters. The quantitative estimate of drug-likeness (QED) is 0.925. The highest BCUT2D eigenvalue weighted by Gasteiger charge is 2.15. The van der Waals surface area contributed by atoms with Gasteiger partial charge in [-0.1, -0.05) is 13.8 Å². The number of nitrogens with zero attached hydrogens (tertiary/aromatic N) is 2. The fraction of sp³-hybridized carbons (Fsp3) is 0.231. The zero-order valence-corrected chi connectivity index (χ0v) is 10.5. The molecule has 0 saturated carbocycles. The van der Waals surface area contributed by atoms with Gasteiger partial charge in [0.1, 0.15) is 17.9 Å². The van der Waals surface area contributed by atoms with Crippen LogP contribution in [-0.4, -0.2) is 9.97 Å². The smallest absolute Gasteiger partial charge is 0.227 e. The third-order valence-electron chi connectivity index (χ3n) is 2.56. The van der Waals surface area contributed by atoms with Crippen molar-refractivity contribution >= 4 is 5.82 Å². The van der Waals surface area contributed by atoms with Gasteiger partial charge in [0, 0.05) is 6.07 Å². The summed E-state index contributed by atoms with van der Waals surface area (Å²) in [7, 11) is 0. The van der Waals surface area contributed by atoms with E-state index in [0.29, 0.717) is 11.4 Å². The monoisotopic (exact) mass is 265 g/mol. The van der Waals surface area contributed by atoms with E-state index < -0.39 is 11.6 Å². The summed E-state index contributed by atoms with van der Waals surface area (Å²) < 4.78 is 31.4. The van der Waals surface area contributed by atoms with Crippen LogP contribution in [0.5, 0.6) is 11.6 Å². The summed E-state index contributed by atoms with van der Waals surface area (Å²) in [6, 6.07) is 3.27. The van der Waals surface area contributed by atoms with Gasteiger partial charge in [-0.3, -0.25) is 0 Å². The number of benzene rings is 1. The molecule has 0 saturated heterocycles. The van der Waals surface area contributed by atoms with Gasteiger partial charge in [-0.05, 0) is 18.1 Å².